The lowest BCUT2D eigenvalue weighted by Crippen LogP contribution is -2.40. The third-order valence-electron chi connectivity index (χ3n) is 2.93. The highest BCUT2D eigenvalue weighted by atomic mass is 16.1. The minimum atomic E-state index is -0.262. The van der Waals surface area contributed by atoms with Crippen LogP contribution in [-0.4, -0.2) is 11.4 Å². The Morgan fingerprint density at radius 1 is 0.905 bits per heavy atom. The summed E-state index contributed by atoms with van der Waals surface area (Å²) in [5, 5.41) is 3.03. The van der Waals surface area contributed by atoms with Crippen LogP contribution in [0.2, 0.25) is 0 Å². The second kappa shape index (κ2) is 6.40. The predicted molar refractivity (Wildman–Crippen MR) is 88.7 cm³/mol. The van der Waals surface area contributed by atoms with Gasteiger partial charge in [0.05, 0.1) is 0 Å². The number of hydrogen-bond acceptors (Lipinski definition) is 1. The van der Waals surface area contributed by atoms with Gasteiger partial charge in [-0.2, -0.15) is 0 Å². The van der Waals surface area contributed by atoms with Crippen molar-refractivity contribution < 1.29 is 4.79 Å². The van der Waals surface area contributed by atoms with Gasteiger partial charge in [-0.15, -0.1) is 0 Å². The molecule has 0 heterocycles. The zero-order chi connectivity index (χ0) is 15.3. The van der Waals surface area contributed by atoms with Gasteiger partial charge >= 0.3 is 0 Å². The van der Waals surface area contributed by atoms with Crippen LogP contribution in [0, 0.1) is 0 Å². The highest BCUT2D eigenvalue weighted by molar-refractivity contribution is 6.24. The van der Waals surface area contributed by atoms with Gasteiger partial charge in [-0.3, -0.25) is 4.79 Å². The molecule has 2 aromatic carbocycles. The average Bonchev–Trinajstić information content (AvgIpc) is 2.45. The number of carbonyl (C=O) groups excluding carboxylic acids is 1. The first-order valence-corrected chi connectivity index (χ1v) is 7.10. The molecule has 0 aliphatic carbocycles. The van der Waals surface area contributed by atoms with Crippen LogP contribution in [0.3, 0.4) is 0 Å². The van der Waals surface area contributed by atoms with Crippen molar-refractivity contribution in [3.63, 3.8) is 0 Å². The fourth-order valence-electron chi connectivity index (χ4n) is 2.02. The standard InChI is InChI=1S/C19H21NO/c1-19(2,3)20-18(21)17(16-12-8-5-9-13-16)14-15-10-6-4-7-11-15/h4-14H,1-3H3,(H,20,21). The van der Waals surface area contributed by atoms with Crippen molar-refractivity contribution in [3.05, 3.63) is 71.8 Å². The normalized spacial score (nSPS) is 12.0. The van der Waals surface area contributed by atoms with E-state index >= 15 is 0 Å². The summed E-state index contributed by atoms with van der Waals surface area (Å²) in [7, 11) is 0. The highest BCUT2D eigenvalue weighted by Crippen LogP contribution is 2.19. The fraction of sp³-hybridized carbons (Fsp3) is 0.211. The van der Waals surface area contributed by atoms with Crippen molar-refractivity contribution in [1.29, 1.82) is 0 Å². The molecule has 1 amide bonds. The Hall–Kier alpha value is -2.35. The van der Waals surface area contributed by atoms with E-state index in [1.54, 1.807) is 0 Å². The van der Waals surface area contributed by atoms with Crippen LogP contribution in [0.15, 0.2) is 60.7 Å². The molecule has 0 aliphatic rings. The smallest absolute Gasteiger partial charge is 0.252 e. The van der Waals surface area contributed by atoms with E-state index in [2.05, 4.69) is 5.32 Å². The second-order valence-corrected chi connectivity index (χ2v) is 6.04. The predicted octanol–water partition coefficient (Wildman–Crippen LogP) is 4.14. The van der Waals surface area contributed by atoms with Gasteiger partial charge in [0.25, 0.3) is 5.91 Å². The zero-order valence-corrected chi connectivity index (χ0v) is 12.8. The lowest BCUT2D eigenvalue weighted by molar-refractivity contribution is -0.116. The minimum Gasteiger partial charge on any atom is -0.347 e. The molecule has 2 heteroatoms. The number of amides is 1. The molecule has 21 heavy (non-hydrogen) atoms. The number of hydrogen-bond donors (Lipinski definition) is 1. The first-order chi connectivity index (χ1) is 9.96. The number of benzene rings is 2. The van der Waals surface area contributed by atoms with Crippen LogP contribution >= 0.6 is 0 Å². The van der Waals surface area contributed by atoms with E-state index in [1.807, 2.05) is 87.5 Å². The van der Waals surface area contributed by atoms with Gasteiger partial charge in [-0.1, -0.05) is 60.7 Å². The van der Waals surface area contributed by atoms with Gasteiger partial charge < -0.3 is 5.32 Å². The van der Waals surface area contributed by atoms with Crippen molar-refractivity contribution in [3.8, 4) is 0 Å². The van der Waals surface area contributed by atoms with E-state index in [9.17, 15) is 4.79 Å². The van der Waals surface area contributed by atoms with Crippen molar-refractivity contribution >= 4 is 17.6 Å². The number of rotatable bonds is 3. The Kier molecular flexibility index (Phi) is 4.59. The Balaban J connectivity index is 2.41. The first kappa shape index (κ1) is 15.0. The molecule has 108 valence electrons. The molecule has 0 unspecified atom stereocenters. The molecule has 2 nitrogen and oxygen atoms in total. The van der Waals surface area contributed by atoms with Crippen LogP contribution in [0.5, 0.6) is 0 Å². The maximum atomic E-state index is 12.6. The molecule has 0 saturated heterocycles. The van der Waals surface area contributed by atoms with Gasteiger partial charge in [-0.05, 0) is 38.0 Å². The van der Waals surface area contributed by atoms with Gasteiger partial charge in [0.2, 0.25) is 0 Å². The SMILES string of the molecule is CC(C)(C)NC(=O)C(=Cc1ccccc1)c1ccccc1. The van der Waals surface area contributed by atoms with E-state index in [-0.39, 0.29) is 11.4 Å². The molecule has 1 N–H and O–H groups in total. The topological polar surface area (TPSA) is 29.1 Å². The molecule has 0 saturated carbocycles. The largest absolute Gasteiger partial charge is 0.347 e. The van der Waals surface area contributed by atoms with Crippen molar-refractivity contribution in [2.45, 2.75) is 26.3 Å². The first-order valence-electron chi connectivity index (χ1n) is 7.10. The van der Waals surface area contributed by atoms with E-state index in [0.717, 1.165) is 11.1 Å². The van der Waals surface area contributed by atoms with Crippen molar-refractivity contribution in [1.82, 2.24) is 5.32 Å². The number of carbonyl (C=O) groups is 1. The van der Waals surface area contributed by atoms with Gasteiger partial charge in [0, 0.05) is 11.1 Å². The van der Waals surface area contributed by atoms with E-state index < -0.39 is 0 Å². The Bertz CT molecular complexity index is 622. The summed E-state index contributed by atoms with van der Waals surface area (Å²) in [5.74, 6) is -0.0578. The van der Waals surface area contributed by atoms with Crippen molar-refractivity contribution in [2.24, 2.45) is 0 Å². The molecule has 0 bridgehead atoms. The summed E-state index contributed by atoms with van der Waals surface area (Å²) in [6.45, 7) is 5.95. The summed E-state index contributed by atoms with van der Waals surface area (Å²) in [6.07, 6.45) is 1.93. The van der Waals surface area contributed by atoms with Crippen LogP contribution < -0.4 is 5.32 Å². The Labute approximate surface area is 126 Å². The summed E-state index contributed by atoms with van der Waals surface area (Å²) < 4.78 is 0. The molecule has 0 atom stereocenters. The lowest BCUT2D eigenvalue weighted by Gasteiger charge is -2.21. The highest BCUT2D eigenvalue weighted by Gasteiger charge is 2.18. The molecule has 2 aromatic rings. The maximum absolute atomic E-state index is 12.6. The minimum absolute atomic E-state index is 0.0578. The monoisotopic (exact) mass is 279 g/mol. The molecular weight excluding hydrogens is 258 g/mol. The third-order valence-corrected chi connectivity index (χ3v) is 2.93. The van der Waals surface area contributed by atoms with Crippen molar-refractivity contribution in [2.75, 3.05) is 0 Å². The van der Waals surface area contributed by atoms with Crippen LogP contribution in [0.1, 0.15) is 31.9 Å². The van der Waals surface area contributed by atoms with Gasteiger partial charge in [0.1, 0.15) is 0 Å². The zero-order valence-electron chi connectivity index (χ0n) is 12.8. The molecule has 2 rings (SSSR count). The maximum Gasteiger partial charge on any atom is 0.252 e. The van der Waals surface area contributed by atoms with Crippen LogP contribution in [0.4, 0.5) is 0 Å². The number of nitrogens with one attached hydrogen (secondary N) is 1. The van der Waals surface area contributed by atoms with Crippen LogP contribution in [-0.2, 0) is 4.79 Å². The summed E-state index contributed by atoms with van der Waals surface area (Å²) in [5.41, 5.74) is 2.35. The molecule has 0 spiro atoms. The van der Waals surface area contributed by atoms with Gasteiger partial charge in [0.15, 0.2) is 0 Å². The van der Waals surface area contributed by atoms with E-state index in [1.165, 1.54) is 0 Å². The molecule has 0 fully saturated rings. The summed E-state index contributed by atoms with van der Waals surface area (Å²) in [6, 6.07) is 19.6. The average molecular weight is 279 g/mol. The van der Waals surface area contributed by atoms with E-state index in [4.69, 9.17) is 0 Å². The quantitative estimate of drug-likeness (QED) is 0.664. The van der Waals surface area contributed by atoms with E-state index in [0.29, 0.717) is 5.57 Å². The summed E-state index contributed by atoms with van der Waals surface area (Å²) in [4.78, 5) is 12.6. The molecule has 0 aliphatic heterocycles. The van der Waals surface area contributed by atoms with Gasteiger partial charge in [-0.25, -0.2) is 0 Å². The third kappa shape index (κ3) is 4.60. The summed E-state index contributed by atoms with van der Waals surface area (Å²) >= 11 is 0. The van der Waals surface area contributed by atoms with Crippen LogP contribution in [0.25, 0.3) is 11.6 Å². The molecule has 0 aromatic heterocycles. The lowest BCUT2D eigenvalue weighted by atomic mass is 10.00. The Morgan fingerprint density at radius 3 is 1.95 bits per heavy atom. The Morgan fingerprint density at radius 2 is 1.43 bits per heavy atom. The molecule has 0 radical (unpaired) electrons. The molecular formula is C19H21NO. The second-order valence-electron chi connectivity index (χ2n) is 6.04. The fourth-order valence-corrected chi connectivity index (χ4v) is 2.02.